The largest absolute Gasteiger partial charge is 0.309 e. The lowest BCUT2D eigenvalue weighted by molar-refractivity contribution is 0.634. The van der Waals surface area contributed by atoms with E-state index < -0.39 is 0 Å². The minimum Gasteiger partial charge on any atom is -0.309 e. The molecule has 12 aromatic rings. The highest BCUT2D eigenvalue weighted by molar-refractivity contribution is 6.11. The van der Waals surface area contributed by atoms with Crippen molar-refractivity contribution in [1.82, 2.24) is 9.13 Å². The number of fused-ring (bicyclic) bond motifs is 13. The molecular weight excluding hydrogens is 965 g/mol. The first kappa shape index (κ1) is 47.9. The molecule has 0 saturated carbocycles. The van der Waals surface area contributed by atoms with Crippen LogP contribution >= 0.6 is 0 Å². The van der Waals surface area contributed by atoms with E-state index in [-0.39, 0.29) is 16.2 Å². The molecule has 0 spiro atoms. The Bertz CT molecular complexity index is 4690. The van der Waals surface area contributed by atoms with Crippen molar-refractivity contribution < 1.29 is 0 Å². The van der Waals surface area contributed by atoms with Crippen LogP contribution in [0.3, 0.4) is 0 Å². The SMILES string of the molecule is C=C1/C=C\C=C/Cc2ccc(-n3c4ccccc4c4cc(-c5ccc6c(c5)C(C)(C)c5cc7c(cc5-6)C(C)(C)c5cc(-c6ccc(/C=C/c8ccc9c(c8)c8ccccc8n9-c8ccccc8)cc6)ccc5-7)ccc43)cc2C1(C)C. The summed E-state index contributed by atoms with van der Waals surface area (Å²) < 4.78 is 4.83. The Balaban J connectivity index is 0.714. The van der Waals surface area contributed by atoms with E-state index in [0.29, 0.717) is 0 Å². The molecule has 0 bridgehead atoms. The highest BCUT2D eigenvalue weighted by Gasteiger charge is 2.42. The molecule has 2 aromatic heterocycles. The number of hydrogen-bond donors (Lipinski definition) is 0. The minimum atomic E-state index is -0.215. The maximum absolute atomic E-state index is 4.52. The molecule has 0 fully saturated rings. The van der Waals surface area contributed by atoms with Gasteiger partial charge in [-0.15, -0.1) is 0 Å². The second-order valence-corrected chi connectivity index (χ2v) is 24.2. The first-order valence-corrected chi connectivity index (χ1v) is 28.4. The van der Waals surface area contributed by atoms with Gasteiger partial charge in [-0.2, -0.15) is 0 Å². The van der Waals surface area contributed by atoms with Crippen LogP contribution in [0.1, 0.15) is 86.1 Å². The van der Waals surface area contributed by atoms with Crippen LogP contribution in [0.5, 0.6) is 0 Å². The summed E-state index contributed by atoms with van der Waals surface area (Å²) in [6.45, 7) is 18.8. The zero-order valence-corrected chi connectivity index (χ0v) is 46.4. The summed E-state index contributed by atoms with van der Waals surface area (Å²) in [6.07, 6.45) is 14.0. The molecule has 2 heteroatoms. The summed E-state index contributed by atoms with van der Waals surface area (Å²) in [4.78, 5) is 0. The lowest BCUT2D eigenvalue weighted by atomic mass is 9.75. The number of benzene rings is 10. The molecule has 3 aliphatic rings. The Hall–Kier alpha value is -9.24. The van der Waals surface area contributed by atoms with E-state index in [9.17, 15) is 0 Å². The Morgan fingerprint density at radius 3 is 1.52 bits per heavy atom. The summed E-state index contributed by atoms with van der Waals surface area (Å²) in [5, 5.41) is 5.05. The number of hydrogen-bond acceptors (Lipinski definition) is 0. The lowest BCUT2D eigenvalue weighted by Crippen LogP contribution is -2.21. The van der Waals surface area contributed by atoms with Gasteiger partial charge in [0.1, 0.15) is 0 Å². The van der Waals surface area contributed by atoms with Crippen molar-refractivity contribution in [1.29, 1.82) is 0 Å². The van der Waals surface area contributed by atoms with Crippen molar-refractivity contribution in [2.45, 2.75) is 64.2 Å². The zero-order chi connectivity index (χ0) is 54.2. The monoisotopic (exact) mass is 1030 g/mol. The second kappa shape index (κ2) is 17.6. The highest BCUT2D eigenvalue weighted by atomic mass is 15.0. The Morgan fingerprint density at radius 2 is 0.863 bits per heavy atom. The van der Waals surface area contributed by atoms with Crippen molar-refractivity contribution in [3.05, 3.63) is 287 Å². The molecule has 0 saturated heterocycles. The van der Waals surface area contributed by atoms with E-state index in [1.54, 1.807) is 0 Å². The lowest BCUT2D eigenvalue weighted by Gasteiger charge is -2.29. The number of allylic oxidation sites excluding steroid dienone is 5. The van der Waals surface area contributed by atoms with Gasteiger partial charge in [0.25, 0.3) is 0 Å². The van der Waals surface area contributed by atoms with Gasteiger partial charge in [-0.05, 0) is 186 Å². The van der Waals surface area contributed by atoms with Gasteiger partial charge >= 0.3 is 0 Å². The van der Waals surface area contributed by atoms with Crippen LogP contribution in [0.4, 0.5) is 0 Å². The van der Waals surface area contributed by atoms with Crippen molar-refractivity contribution in [3.8, 4) is 55.9 Å². The van der Waals surface area contributed by atoms with E-state index in [4.69, 9.17) is 0 Å². The van der Waals surface area contributed by atoms with E-state index in [1.165, 1.54) is 144 Å². The molecule has 2 heterocycles. The summed E-state index contributed by atoms with van der Waals surface area (Å²) in [5.74, 6) is 0. The van der Waals surface area contributed by atoms with Crippen LogP contribution < -0.4 is 0 Å². The van der Waals surface area contributed by atoms with Crippen LogP contribution in [-0.2, 0) is 22.7 Å². The van der Waals surface area contributed by atoms with Crippen molar-refractivity contribution in [2.24, 2.45) is 0 Å². The smallest absolute Gasteiger partial charge is 0.0541 e. The van der Waals surface area contributed by atoms with Crippen LogP contribution in [0.15, 0.2) is 243 Å². The third-order valence-corrected chi connectivity index (χ3v) is 18.6. The summed E-state index contributed by atoms with van der Waals surface area (Å²) in [7, 11) is 0. The van der Waals surface area contributed by atoms with Crippen LogP contribution in [-0.4, -0.2) is 9.13 Å². The topological polar surface area (TPSA) is 9.86 Å². The summed E-state index contributed by atoms with van der Waals surface area (Å²) in [5.41, 5.74) is 28.8. The fraction of sp³-hybridized carbons (Fsp3) is 0.128. The first-order valence-electron chi connectivity index (χ1n) is 28.4. The molecule has 384 valence electrons. The average Bonchev–Trinajstić information content (AvgIpc) is 4.21. The van der Waals surface area contributed by atoms with Gasteiger partial charge < -0.3 is 9.13 Å². The van der Waals surface area contributed by atoms with Gasteiger partial charge in [-0.3, -0.25) is 0 Å². The fourth-order valence-corrected chi connectivity index (χ4v) is 14.0. The van der Waals surface area contributed by atoms with E-state index >= 15 is 0 Å². The number of aromatic nitrogens is 2. The van der Waals surface area contributed by atoms with Crippen molar-refractivity contribution >= 4 is 55.8 Å². The van der Waals surface area contributed by atoms with Gasteiger partial charge in [0.2, 0.25) is 0 Å². The molecule has 10 aromatic carbocycles. The first-order chi connectivity index (χ1) is 38.8. The third kappa shape index (κ3) is 7.24. The molecule has 0 radical (unpaired) electrons. The molecule has 80 heavy (non-hydrogen) atoms. The van der Waals surface area contributed by atoms with Crippen LogP contribution in [0.25, 0.3) is 112 Å². The van der Waals surface area contributed by atoms with Crippen LogP contribution in [0, 0.1) is 0 Å². The molecule has 0 N–H and O–H groups in total. The summed E-state index contributed by atoms with van der Waals surface area (Å²) in [6, 6.07) is 77.7. The standard InChI is InChI=1S/C78H62N2/c1-49-18-10-8-11-19-53-33-37-58(46-67(53)76(49,2)3)80-73-25-17-15-23-62(73)66-43-54(36-41-75(66)80)56-35-39-60-64-48-70-63(47-71(64)78(6,7)69(60)45-56)59-38-34-55(44-68(59)77(70,4)5)52-31-28-50(29-32-52)26-27-51-30-40-74-65(42-51)61-22-14-16-24-72(61)79(74)57-20-12-9-13-21-57/h8-18,20-48H,1,19H2,2-7H3/b11-8-,18-10-,27-26+. The minimum absolute atomic E-state index is 0.162. The van der Waals surface area contributed by atoms with Gasteiger partial charge in [0.15, 0.2) is 0 Å². The predicted molar refractivity (Wildman–Crippen MR) is 341 cm³/mol. The van der Waals surface area contributed by atoms with Crippen molar-refractivity contribution in [3.63, 3.8) is 0 Å². The van der Waals surface area contributed by atoms with E-state index in [0.717, 1.165) is 12.0 Å². The zero-order valence-electron chi connectivity index (χ0n) is 46.4. The van der Waals surface area contributed by atoms with Gasteiger partial charge in [-0.1, -0.05) is 206 Å². The van der Waals surface area contributed by atoms with Crippen molar-refractivity contribution in [2.75, 3.05) is 0 Å². The van der Waals surface area contributed by atoms with E-state index in [2.05, 4.69) is 300 Å². The molecule has 0 aliphatic heterocycles. The summed E-state index contributed by atoms with van der Waals surface area (Å²) >= 11 is 0. The molecule has 3 aliphatic carbocycles. The highest BCUT2D eigenvalue weighted by Crippen LogP contribution is 2.57. The van der Waals surface area contributed by atoms with Crippen LogP contribution in [0.2, 0.25) is 0 Å². The Morgan fingerprint density at radius 1 is 0.362 bits per heavy atom. The number of rotatable bonds is 6. The Kier molecular flexibility index (Phi) is 10.6. The van der Waals surface area contributed by atoms with Gasteiger partial charge in [0, 0.05) is 49.2 Å². The maximum Gasteiger partial charge on any atom is 0.0541 e. The second-order valence-electron chi connectivity index (χ2n) is 24.2. The third-order valence-electron chi connectivity index (χ3n) is 18.6. The number of para-hydroxylation sites is 3. The van der Waals surface area contributed by atoms with Gasteiger partial charge in [-0.25, -0.2) is 0 Å². The van der Waals surface area contributed by atoms with E-state index in [1.807, 2.05) is 0 Å². The molecule has 2 nitrogen and oxygen atoms in total. The fourth-order valence-electron chi connectivity index (χ4n) is 14.0. The molecule has 0 unspecified atom stereocenters. The molecular formula is C78H62N2. The quantitative estimate of drug-likeness (QED) is 0.147. The Labute approximate surface area is 469 Å². The molecule has 0 amide bonds. The molecule has 15 rings (SSSR count). The maximum atomic E-state index is 4.52. The average molecular weight is 1030 g/mol. The predicted octanol–water partition coefficient (Wildman–Crippen LogP) is 20.5. The number of nitrogens with zero attached hydrogens (tertiary/aromatic N) is 2. The normalized spacial score (nSPS) is 16.3. The molecule has 0 atom stereocenters. The van der Waals surface area contributed by atoms with Gasteiger partial charge in [0.05, 0.1) is 22.1 Å².